The summed E-state index contributed by atoms with van der Waals surface area (Å²) in [6.45, 7) is 7.24. The zero-order valence-corrected chi connectivity index (χ0v) is 12.4. The number of esters is 1. The van der Waals surface area contributed by atoms with Crippen molar-refractivity contribution in [2.45, 2.75) is 26.7 Å². The van der Waals surface area contributed by atoms with Gasteiger partial charge in [0.15, 0.2) is 0 Å². The van der Waals surface area contributed by atoms with Crippen LogP contribution in [0.4, 0.5) is 0 Å². The van der Waals surface area contributed by atoms with Crippen molar-refractivity contribution in [1.29, 1.82) is 0 Å². The third kappa shape index (κ3) is 3.97. The van der Waals surface area contributed by atoms with Crippen LogP contribution in [-0.4, -0.2) is 43.7 Å². The second-order valence-corrected chi connectivity index (χ2v) is 4.96. The van der Waals surface area contributed by atoms with Crippen LogP contribution in [0, 0.1) is 0 Å². The average Bonchev–Trinajstić information content (AvgIpc) is 2.91. The van der Waals surface area contributed by atoms with Crippen LogP contribution < -0.4 is 4.74 Å². The first kappa shape index (κ1) is 14.9. The molecule has 0 bridgehead atoms. The van der Waals surface area contributed by atoms with Gasteiger partial charge in [-0.05, 0) is 37.1 Å². The Labute approximate surface area is 120 Å². The molecule has 2 rings (SSSR count). The van der Waals surface area contributed by atoms with Gasteiger partial charge in [-0.15, -0.1) is 0 Å². The van der Waals surface area contributed by atoms with Crippen molar-refractivity contribution in [3.05, 3.63) is 29.3 Å². The maximum atomic E-state index is 11.5. The Balaban J connectivity index is 1.85. The van der Waals surface area contributed by atoms with E-state index < -0.39 is 0 Å². The van der Waals surface area contributed by atoms with Crippen molar-refractivity contribution < 1.29 is 14.3 Å². The molecule has 4 heteroatoms. The first-order valence-corrected chi connectivity index (χ1v) is 7.35. The van der Waals surface area contributed by atoms with Gasteiger partial charge >= 0.3 is 5.97 Å². The van der Waals surface area contributed by atoms with E-state index in [0.29, 0.717) is 13.2 Å². The zero-order valence-electron chi connectivity index (χ0n) is 12.4. The lowest BCUT2D eigenvalue weighted by Crippen LogP contribution is -2.32. The molecule has 0 aromatic heterocycles. The molecule has 0 saturated carbocycles. The molecule has 0 fully saturated rings. The van der Waals surface area contributed by atoms with Gasteiger partial charge in [-0.1, -0.05) is 19.1 Å². The molecule has 110 valence electrons. The van der Waals surface area contributed by atoms with Crippen LogP contribution >= 0.6 is 0 Å². The van der Waals surface area contributed by atoms with E-state index in [1.54, 1.807) is 0 Å². The first-order chi connectivity index (χ1) is 9.72. The van der Waals surface area contributed by atoms with Gasteiger partial charge in [-0.25, -0.2) is 0 Å². The zero-order chi connectivity index (χ0) is 14.4. The minimum atomic E-state index is -0.142. The van der Waals surface area contributed by atoms with Crippen molar-refractivity contribution in [3.8, 4) is 5.75 Å². The van der Waals surface area contributed by atoms with E-state index in [2.05, 4.69) is 30.0 Å². The maximum absolute atomic E-state index is 11.5. The SMILES string of the molecule is CCOC(=O)CN(CC)CCc1ccc2c(c1)CCO2. The normalized spacial score (nSPS) is 13.2. The minimum absolute atomic E-state index is 0.142. The van der Waals surface area contributed by atoms with E-state index in [1.165, 1.54) is 11.1 Å². The Morgan fingerprint density at radius 1 is 1.40 bits per heavy atom. The third-order valence-electron chi connectivity index (χ3n) is 3.58. The summed E-state index contributed by atoms with van der Waals surface area (Å²) in [7, 11) is 0. The number of carbonyl (C=O) groups excluding carboxylic acids is 1. The molecule has 1 aromatic carbocycles. The topological polar surface area (TPSA) is 38.8 Å². The lowest BCUT2D eigenvalue weighted by molar-refractivity contribution is -0.144. The highest BCUT2D eigenvalue weighted by Crippen LogP contribution is 2.26. The molecule has 1 aliphatic rings. The summed E-state index contributed by atoms with van der Waals surface area (Å²) in [5, 5.41) is 0. The van der Waals surface area contributed by atoms with Crippen molar-refractivity contribution >= 4 is 5.97 Å². The van der Waals surface area contributed by atoms with Crippen LogP contribution in [0.5, 0.6) is 5.75 Å². The number of rotatable bonds is 7. The fourth-order valence-corrected chi connectivity index (χ4v) is 2.42. The van der Waals surface area contributed by atoms with Crippen LogP contribution in [0.1, 0.15) is 25.0 Å². The van der Waals surface area contributed by atoms with Gasteiger partial charge in [-0.2, -0.15) is 0 Å². The Kier molecular flexibility index (Phi) is 5.41. The van der Waals surface area contributed by atoms with Crippen LogP contribution in [0.25, 0.3) is 0 Å². The maximum Gasteiger partial charge on any atom is 0.320 e. The molecule has 1 aliphatic heterocycles. The molecule has 0 atom stereocenters. The fourth-order valence-electron chi connectivity index (χ4n) is 2.42. The van der Waals surface area contributed by atoms with Crippen molar-refractivity contribution in [2.75, 3.05) is 32.8 Å². The summed E-state index contributed by atoms with van der Waals surface area (Å²) in [5.41, 5.74) is 2.60. The van der Waals surface area contributed by atoms with Crippen LogP contribution in [0.3, 0.4) is 0 Å². The fraction of sp³-hybridized carbons (Fsp3) is 0.562. The highest BCUT2D eigenvalue weighted by atomic mass is 16.5. The van der Waals surface area contributed by atoms with Crippen LogP contribution in [-0.2, 0) is 22.4 Å². The molecule has 20 heavy (non-hydrogen) atoms. The van der Waals surface area contributed by atoms with Gasteiger partial charge in [0.05, 0.1) is 19.8 Å². The van der Waals surface area contributed by atoms with Crippen LogP contribution in [0.15, 0.2) is 18.2 Å². The summed E-state index contributed by atoms with van der Waals surface area (Å²) in [5.74, 6) is 0.879. The van der Waals surface area contributed by atoms with Gasteiger partial charge in [0.2, 0.25) is 0 Å². The molecule has 0 N–H and O–H groups in total. The van der Waals surface area contributed by atoms with Gasteiger partial charge in [0, 0.05) is 13.0 Å². The predicted molar refractivity (Wildman–Crippen MR) is 78.1 cm³/mol. The molecular formula is C16H23NO3. The second kappa shape index (κ2) is 7.29. The van der Waals surface area contributed by atoms with E-state index in [-0.39, 0.29) is 5.97 Å². The van der Waals surface area contributed by atoms with E-state index >= 15 is 0 Å². The number of nitrogens with zero attached hydrogens (tertiary/aromatic N) is 1. The molecule has 0 unspecified atom stereocenters. The minimum Gasteiger partial charge on any atom is -0.493 e. The molecule has 0 amide bonds. The van der Waals surface area contributed by atoms with Crippen molar-refractivity contribution in [2.24, 2.45) is 0 Å². The highest BCUT2D eigenvalue weighted by Gasteiger charge is 2.13. The summed E-state index contributed by atoms with van der Waals surface area (Å²) in [6, 6.07) is 6.39. The number of ether oxygens (including phenoxy) is 2. The van der Waals surface area contributed by atoms with E-state index in [4.69, 9.17) is 9.47 Å². The Hall–Kier alpha value is -1.55. The van der Waals surface area contributed by atoms with Gasteiger partial charge in [0.25, 0.3) is 0 Å². The van der Waals surface area contributed by atoms with Crippen LogP contribution in [0.2, 0.25) is 0 Å². The number of hydrogen-bond acceptors (Lipinski definition) is 4. The first-order valence-electron chi connectivity index (χ1n) is 7.35. The smallest absolute Gasteiger partial charge is 0.320 e. The summed E-state index contributed by atoms with van der Waals surface area (Å²) in [4.78, 5) is 13.6. The summed E-state index contributed by atoms with van der Waals surface area (Å²) in [6.07, 6.45) is 1.95. The average molecular weight is 277 g/mol. The van der Waals surface area contributed by atoms with Gasteiger partial charge in [-0.3, -0.25) is 9.69 Å². The Morgan fingerprint density at radius 2 is 2.25 bits per heavy atom. The van der Waals surface area contributed by atoms with E-state index in [1.807, 2.05) is 6.92 Å². The molecular weight excluding hydrogens is 254 g/mol. The van der Waals surface area contributed by atoms with Crippen molar-refractivity contribution in [3.63, 3.8) is 0 Å². The number of benzene rings is 1. The molecule has 1 heterocycles. The van der Waals surface area contributed by atoms with Gasteiger partial charge in [0.1, 0.15) is 5.75 Å². The van der Waals surface area contributed by atoms with E-state index in [9.17, 15) is 4.79 Å². The Bertz CT molecular complexity index is 459. The molecule has 0 saturated heterocycles. The largest absolute Gasteiger partial charge is 0.493 e. The summed E-state index contributed by atoms with van der Waals surface area (Å²) < 4.78 is 10.5. The predicted octanol–water partition coefficient (Wildman–Crippen LogP) is 2.05. The molecule has 0 radical (unpaired) electrons. The van der Waals surface area contributed by atoms with E-state index in [0.717, 1.165) is 38.3 Å². The lowest BCUT2D eigenvalue weighted by Gasteiger charge is -2.19. The lowest BCUT2D eigenvalue weighted by atomic mass is 10.1. The monoisotopic (exact) mass is 277 g/mol. The molecule has 0 aliphatic carbocycles. The van der Waals surface area contributed by atoms with Gasteiger partial charge < -0.3 is 9.47 Å². The number of carbonyl (C=O) groups is 1. The highest BCUT2D eigenvalue weighted by molar-refractivity contribution is 5.71. The summed E-state index contributed by atoms with van der Waals surface area (Å²) >= 11 is 0. The molecule has 0 spiro atoms. The molecule has 4 nitrogen and oxygen atoms in total. The molecule has 1 aromatic rings. The number of fused-ring (bicyclic) bond motifs is 1. The number of hydrogen-bond donors (Lipinski definition) is 0. The second-order valence-electron chi connectivity index (χ2n) is 4.96. The standard InChI is InChI=1S/C16H23NO3/c1-3-17(12-16(18)19-4-2)9-7-13-5-6-15-14(11-13)8-10-20-15/h5-6,11H,3-4,7-10,12H2,1-2H3. The van der Waals surface area contributed by atoms with Crippen molar-refractivity contribution in [1.82, 2.24) is 4.90 Å². The third-order valence-corrected chi connectivity index (χ3v) is 3.58. The Morgan fingerprint density at radius 3 is 3.00 bits per heavy atom. The quantitative estimate of drug-likeness (QED) is 0.715. The number of likely N-dealkylation sites (N-methyl/N-ethyl adjacent to an activating group) is 1.